The van der Waals surface area contributed by atoms with Crippen molar-refractivity contribution in [3.63, 3.8) is 0 Å². The van der Waals surface area contributed by atoms with Crippen LogP contribution < -0.4 is 19.1 Å². The summed E-state index contributed by atoms with van der Waals surface area (Å²) >= 11 is 0. The Bertz CT molecular complexity index is 922. The van der Waals surface area contributed by atoms with Gasteiger partial charge in [0.15, 0.2) is 18.2 Å². The van der Waals surface area contributed by atoms with Gasteiger partial charge < -0.3 is 19.1 Å². The second-order valence-electron chi connectivity index (χ2n) is 6.06. The van der Waals surface area contributed by atoms with Crippen LogP contribution in [0, 0.1) is 0 Å². The molecule has 3 aromatic carbocycles. The van der Waals surface area contributed by atoms with Gasteiger partial charge in [-0.2, -0.15) is 0 Å². The first-order valence-electron chi connectivity index (χ1n) is 8.16. The molecule has 2 aliphatic rings. The summed E-state index contributed by atoms with van der Waals surface area (Å²) in [6, 6.07) is 18.7. The first-order chi connectivity index (χ1) is 11.9. The number of hydrogen-bond donors (Lipinski definition) is 0. The van der Waals surface area contributed by atoms with Crippen LogP contribution in [0.25, 0.3) is 10.8 Å². The Labute approximate surface area is 140 Å². The fourth-order valence-corrected chi connectivity index (χ4v) is 3.39. The summed E-state index contributed by atoms with van der Waals surface area (Å²) in [6.07, 6.45) is 0. The lowest BCUT2D eigenvalue weighted by molar-refractivity contribution is 0.171. The SMILES string of the molecule is c1ccc2c3c(ccc2c1)OCN(c1ccc2c(c1)OCCO2)C3. The minimum Gasteiger partial charge on any atom is -0.486 e. The van der Waals surface area contributed by atoms with Gasteiger partial charge in [-0.1, -0.05) is 30.3 Å². The Morgan fingerprint density at radius 2 is 1.58 bits per heavy atom. The number of fused-ring (bicyclic) bond motifs is 4. The highest BCUT2D eigenvalue weighted by atomic mass is 16.6. The van der Waals surface area contributed by atoms with Gasteiger partial charge in [-0.25, -0.2) is 0 Å². The molecule has 0 saturated heterocycles. The van der Waals surface area contributed by atoms with Crippen molar-refractivity contribution in [3.8, 4) is 17.2 Å². The van der Waals surface area contributed by atoms with E-state index < -0.39 is 0 Å². The predicted octanol–water partition coefficient (Wildman–Crippen LogP) is 3.97. The van der Waals surface area contributed by atoms with Gasteiger partial charge in [-0.05, 0) is 29.0 Å². The molecule has 0 unspecified atom stereocenters. The van der Waals surface area contributed by atoms with Crippen LogP contribution in [0.3, 0.4) is 0 Å². The molecule has 0 saturated carbocycles. The second kappa shape index (κ2) is 5.34. The van der Waals surface area contributed by atoms with Crippen LogP contribution in [0.15, 0.2) is 54.6 Å². The summed E-state index contributed by atoms with van der Waals surface area (Å²) < 4.78 is 17.3. The molecule has 2 heterocycles. The van der Waals surface area contributed by atoms with Crippen LogP contribution in [0.2, 0.25) is 0 Å². The third kappa shape index (κ3) is 2.14. The van der Waals surface area contributed by atoms with E-state index in [0.717, 1.165) is 29.5 Å². The number of anilines is 1. The molecule has 0 N–H and O–H groups in total. The summed E-state index contributed by atoms with van der Waals surface area (Å²) in [5.74, 6) is 2.60. The van der Waals surface area contributed by atoms with Gasteiger partial charge in [-0.15, -0.1) is 0 Å². The number of nitrogens with zero attached hydrogens (tertiary/aromatic N) is 1. The lowest BCUT2D eigenvalue weighted by Gasteiger charge is -2.32. The minimum absolute atomic E-state index is 0.533. The van der Waals surface area contributed by atoms with Crippen LogP contribution in [-0.2, 0) is 6.54 Å². The summed E-state index contributed by atoms with van der Waals surface area (Å²) in [6.45, 7) is 2.56. The Kier molecular flexibility index (Phi) is 3.01. The maximum Gasteiger partial charge on any atom is 0.163 e. The topological polar surface area (TPSA) is 30.9 Å². The van der Waals surface area contributed by atoms with Gasteiger partial charge in [0.05, 0.1) is 6.54 Å². The average Bonchev–Trinajstić information content (AvgIpc) is 2.67. The van der Waals surface area contributed by atoms with Gasteiger partial charge in [0.25, 0.3) is 0 Å². The van der Waals surface area contributed by atoms with Crippen molar-refractivity contribution < 1.29 is 14.2 Å². The van der Waals surface area contributed by atoms with Gasteiger partial charge in [-0.3, -0.25) is 0 Å². The van der Waals surface area contributed by atoms with E-state index in [4.69, 9.17) is 14.2 Å². The van der Waals surface area contributed by atoms with Crippen molar-refractivity contribution in [2.24, 2.45) is 0 Å². The second-order valence-corrected chi connectivity index (χ2v) is 6.06. The zero-order chi connectivity index (χ0) is 15.9. The van der Waals surface area contributed by atoms with Gasteiger partial charge >= 0.3 is 0 Å². The molecule has 24 heavy (non-hydrogen) atoms. The van der Waals surface area contributed by atoms with E-state index in [1.54, 1.807) is 0 Å². The smallest absolute Gasteiger partial charge is 0.163 e. The molecule has 0 amide bonds. The van der Waals surface area contributed by atoms with Crippen LogP contribution >= 0.6 is 0 Å². The van der Waals surface area contributed by atoms with E-state index in [9.17, 15) is 0 Å². The first kappa shape index (κ1) is 13.5. The molecule has 0 atom stereocenters. The summed E-state index contributed by atoms with van der Waals surface area (Å²) in [4.78, 5) is 2.22. The van der Waals surface area contributed by atoms with Crippen molar-refractivity contribution in [1.29, 1.82) is 0 Å². The largest absolute Gasteiger partial charge is 0.486 e. The lowest BCUT2D eigenvalue weighted by Crippen LogP contribution is -2.32. The molecule has 0 radical (unpaired) electrons. The summed E-state index contributed by atoms with van der Waals surface area (Å²) in [7, 11) is 0. The Balaban J connectivity index is 1.53. The third-order valence-corrected chi connectivity index (χ3v) is 4.61. The Hall–Kier alpha value is -2.88. The summed E-state index contributed by atoms with van der Waals surface area (Å²) in [5.41, 5.74) is 2.31. The van der Waals surface area contributed by atoms with Crippen molar-refractivity contribution in [2.75, 3.05) is 24.8 Å². The highest BCUT2D eigenvalue weighted by Gasteiger charge is 2.21. The molecule has 0 aromatic heterocycles. The van der Waals surface area contributed by atoms with Crippen molar-refractivity contribution in [2.45, 2.75) is 6.54 Å². The number of ether oxygens (including phenoxy) is 3. The molecule has 120 valence electrons. The van der Waals surface area contributed by atoms with E-state index in [-0.39, 0.29) is 0 Å². The van der Waals surface area contributed by atoms with Crippen molar-refractivity contribution in [3.05, 3.63) is 60.2 Å². The first-order valence-corrected chi connectivity index (χ1v) is 8.16. The lowest BCUT2D eigenvalue weighted by atomic mass is 10.0. The third-order valence-electron chi connectivity index (χ3n) is 4.61. The maximum absolute atomic E-state index is 6.00. The van der Waals surface area contributed by atoms with Crippen LogP contribution in [0.4, 0.5) is 5.69 Å². The standard InChI is InChI=1S/C20H17NO3/c1-2-4-16-14(3-1)5-7-18-17(16)12-21(13-24-18)15-6-8-19-20(11-15)23-10-9-22-19/h1-8,11H,9-10,12-13H2. The van der Waals surface area contributed by atoms with Crippen LogP contribution in [0.1, 0.15) is 5.56 Å². The Morgan fingerprint density at radius 1 is 0.750 bits per heavy atom. The van der Waals surface area contributed by atoms with E-state index in [1.165, 1.54) is 16.3 Å². The minimum atomic E-state index is 0.533. The number of hydrogen-bond acceptors (Lipinski definition) is 4. The van der Waals surface area contributed by atoms with Crippen LogP contribution in [0.5, 0.6) is 17.2 Å². The van der Waals surface area contributed by atoms with Gasteiger partial charge in [0.1, 0.15) is 19.0 Å². The fraction of sp³-hybridized carbons (Fsp3) is 0.200. The van der Waals surface area contributed by atoms with Crippen LogP contribution in [-0.4, -0.2) is 19.9 Å². The van der Waals surface area contributed by atoms with E-state index >= 15 is 0 Å². The Morgan fingerprint density at radius 3 is 2.54 bits per heavy atom. The number of benzene rings is 3. The molecule has 4 nitrogen and oxygen atoms in total. The molecule has 0 bridgehead atoms. The molecule has 5 rings (SSSR count). The number of rotatable bonds is 1. The zero-order valence-corrected chi connectivity index (χ0v) is 13.2. The normalized spacial score (nSPS) is 15.8. The monoisotopic (exact) mass is 319 g/mol. The summed E-state index contributed by atoms with van der Waals surface area (Å²) in [5, 5.41) is 2.49. The average molecular weight is 319 g/mol. The predicted molar refractivity (Wildman–Crippen MR) is 93.1 cm³/mol. The highest BCUT2D eigenvalue weighted by molar-refractivity contribution is 5.88. The molecular formula is C20H17NO3. The van der Waals surface area contributed by atoms with Crippen molar-refractivity contribution >= 4 is 16.5 Å². The molecule has 2 aliphatic heterocycles. The zero-order valence-electron chi connectivity index (χ0n) is 13.2. The quantitative estimate of drug-likeness (QED) is 0.679. The van der Waals surface area contributed by atoms with Gasteiger partial charge in [0.2, 0.25) is 0 Å². The van der Waals surface area contributed by atoms with Gasteiger partial charge in [0, 0.05) is 17.3 Å². The molecular weight excluding hydrogens is 302 g/mol. The molecule has 0 aliphatic carbocycles. The highest BCUT2D eigenvalue weighted by Crippen LogP contribution is 2.37. The maximum atomic E-state index is 6.00. The molecule has 0 spiro atoms. The van der Waals surface area contributed by atoms with Crippen molar-refractivity contribution in [1.82, 2.24) is 0 Å². The molecule has 4 heteroatoms. The van der Waals surface area contributed by atoms with E-state index in [2.05, 4.69) is 47.4 Å². The van der Waals surface area contributed by atoms with E-state index in [0.29, 0.717) is 19.9 Å². The van der Waals surface area contributed by atoms with E-state index in [1.807, 2.05) is 12.1 Å². The molecule has 0 fully saturated rings. The fourth-order valence-electron chi connectivity index (χ4n) is 3.39. The molecule has 3 aromatic rings.